The summed E-state index contributed by atoms with van der Waals surface area (Å²) in [5.41, 5.74) is 2.51. The monoisotopic (exact) mass is 359 g/mol. The van der Waals surface area contributed by atoms with Gasteiger partial charge in [-0.15, -0.1) is 0 Å². The van der Waals surface area contributed by atoms with Crippen molar-refractivity contribution in [2.75, 3.05) is 27.3 Å². The molecule has 2 aromatic rings. The Morgan fingerprint density at radius 2 is 2.08 bits per heavy atom. The Balaban J connectivity index is 1.91. The highest BCUT2D eigenvalue weighted by molar-refractivity contribution is 5.82. The second-order valence-electron chi connectivity index (χ2n) is 6.43. The number of aromatic nitrogens is 1. The van der Waals surface area contributed by atoms with E-state index in [1.165, 1.54) is 0 Å². The fourth-order valence-corrected chi connectivity index (χ4v) is 3.25. The predicted molar refractivity (Wildman–Crippen MR) is 97.4 cm³/mol. The van der Waals surface area contributed by atoms with Crippen molar-refractivity contribution >= 4 is 5.91 Å². The zero-order valence-electron chi connectivity index (χ0n) is 15.9. The van der Waals surface area contributed by atoms with Gasteiger partial charge in [-0.3, -0.25) is 9.69 Å². The number of ether oxygens (including phenoxy) is 2. The molecule has 0 bridgehead atoms. The lowest BCUT2D eigenvalue weighted by Gasteiger charge is -2.32. The Morgan fingerprint density at radius 1 is 1.31 bits per heavy atom. The number of nitrogens with one attached hydrogen (secondary N) is 1. The maximum atomic E-state index is 11.9. The Labute approximate surface area is 153 Å². The molecule has 1 N–H and O–H groups in total. The SMILES string of the molecule is COc1ccc(-c2nc(CN3CCNC(=O)[C@@H]3C)c(C)o2)c(OC)c1C. The van der Waals surface area contributed by atoms with Crippen molar-refractivity contribution in [3.63, 3.8) is 0 Å². The van der Waals surface area contributed by atoms with E-state index in [-0.39, 0.29) is 11.9 Å². The van der Waals surface area contributed by atoms with Crippen molar-refractivity contribution in [2.45, 2.75) is 33.4 Å². The molecular formula is C19H25N3O4. The van der Waals surface area contributed by atoms with Crippen molar-refractivity contribution in [3.8, 4) is 23.0 Å². The normalized spacial score (nSPS) is 17.9. The van der Waals surface area contributed by atoms with Crippen molar-refractivity contribution < 1.29 is 18.7 Å². The molecule has 0 spiro atoms. The average molecular weight is 359 g/mol. The summed E-state index contributed by atoms with van der Waals surface area (Å²) in [5.74, 6) is 2.73. The summed E-state index contributed by atoms with van der Waals surface area (Å²) >= 11 is 0. The number of rotatable bonds is 5. The summed E-state index contributed by atoms with van der Waals surface area (Å²) in [4.78, 5) is 18.6. The summed E-state index contributed by atoms with van der Waals surface area (Å²) in [6.07, 6.45) is 0. The fraction of sp³-hybridized carbons (Fsp3) is 0.474. The third-order valence-corrected chi connectivity index (χ3v) is 4.88. The number of methoxy groups -OCH3 is 2. The van der Waals surface area contributed by atoms with Crippen LogP contribution >= 0.6 is 0 Å². The standard InChI is InChI=1S/C19H25N3O4/c1-11-16(24-4)7-6-14(17(11)25-5)19-21-15(13(3)26-19)10-22-9-8-20-18(23)12(22)2/h6-7,12H,8-10H2,1-5H3,(H,20,23)/t12-/m0/s1. The fourth-order valence-electron chi connectivity index (χ4n) is 3.25. The van der Waals surface area contributed by atoms with Crippen LogP contribution < -0.4 is 14.8 Å². The maximum Gasteiger partial charge on any atom is 0.237 e. The van der Waals surface area contributed by atoms with Gasteiger partial charge in [0.2, 0.25) is 11.8 Å². The third kappa shape index (κ3) is 3.26. The molecule has 1 atom stereocenters. The van der Waals surface area contributed by atoms with E-state index in [9.17, 15) is 4.79 Å². The molecule has 26 heavy (non-hydrogen) atoms. The number of benzene rings is 1. The molecule has 140 valence electrons. The molecule has 0 saturated carbocycles. The van der Waals surface area contributed by atoms with E-state index < -0.39 is 0 Å². The zero-order chi connectivity index (χ0) is 18.8. The molecule has 1 amide bonds. The number of carbonyl (C=O) groups excluding carboxylic acids is 1. The summed E-state index contributed by atoms with van der Waals surface area (Å²) in [5, 5.41) is 2.87. The van der Waals surface area contributed by atoms with Crippen LogP contribution in [-0.4, -0.2) is 49.1 Å². The smallest absolute Gasteiger partial charge is 0.237 e. The number of aryl methyl sites for hydroxylation is 1. The van der Waals surface area contributed by atoms with Gasteiger partial charge in [-0.25, -0.2) is 4.98 Å². The lowest BCUT2D eigenvalue weighted by Crippen LogP contribution is -2.53. The minimum Gasteiger partial charge on any atom is -0.496 e. The van der Waals surface area contributed by atoms with E-state index in [2.05, 4.69) is 15.2 Å². The molecule has 1 aromatic carbocycles. The van der Waals surface area contributed by atoms with E-state index in [0.29, 0.717) is 24.7 Å². The highest BCUT2D eigenvalue weighted by Gasteiger charge is 2.27. The van der Waals surface area contributed by atoms with Gasteiger partial charge < -0.3 is 19.2 Å². The van der Waals surface area contributed by atoms with Crippen LogP contribution in [0.4, 0.5) is 0 Å². The molecule has 1 saturated heterocycles. The number of piperazine rings is 1. The molecule has 7 heteroatoms. The molecule has 2 heterocycles. The molecule has 1 aromatic heterocycles. The molecule has 7 nitrogen and oxygen atoms in total. The van der Waals surface area contributed by atoms with Gasteiger partial charge in [0.05, 0.1) is 31.5 Å². The second kappa shape index (κ2) is 7.37. The first kappa shape index (κ1) is 18.3. The number of carbonyl (C=O) groups is 1. The lowest BCUT2D eigenvalue weighted by molar-refractivity contribution is -0.128. The van der Waals surface area contributed by atoms with Crippen LogP contribution in [0.1, 0.15) is 23.9 Å². The average Bonchev–Trinajstić information content (AvgIpc) is 2.99. The van der Waals surface area contributed by atoms with Crippen LogP contribution in [0.25, 0.3) is 11.5 Å². The zero-order valence-corrected chi connectivity index (χ0v) is 15.9. The summed E-state index contributed by atoms with van der Waals surface area (Å²) in [7, 11) is 3.25. The van der Waals surface area contributed by atoms with Gasteiger partial charge in [0.1, 0.15) is 17.3 Å². The van der Waals surface area contributed by atoms with E-state index in [1.54, 1.807) is 14.2 Å². The first-order valence-corrected chi connectivity index (χ1v) is 8.66. The van der Waals surface area contributed by atoms with Crippen LogP contribution in [0, 0.1) is 13.8 Å². The van der Waals surface area contributed by atoms with Crippen molar-refractivity contribution in [3.05, 3.63) is 29.2 Å². The number of nitrogens with zero attached hydrogens (tertiary/aromatic N) is 2. The first-order chi connectivity index (χ1) is 12.5. The Morgan fingerprint density at radius 3 is 2.77 bits per heavy atom. The minimum atomic E-state index is -0.180. The van der Waals surface area contributed by atoms with E-state index in [0.717, 1.165) is 34.9 Å². The molecule has 3 rings (SSSR count). The molecular weight excluding hydrogens is 334 g/mol. The minimum absolute atomic E-state index is 0.0464. The molecule has 1 fully saturated rings. The maximum absolute atomic E-state index is 11.9. The summed E-state index contributed by atoms with van der Waals surface area (Å²) in [6, 6.07) is 3.58. The Hall–Kier alpha value is -2.54. The molecule has 1 aliphatic rings. The Kier molecular flexibility index (Phi) is 5.18. The summed E-state index contributed by atoms with van der Waals surface area (Å²) < 4.78 is 16.8. The van der Waals surface area contributed by atoms with E-state index in [4.69, 9.17) is 13.9 Å². The molecule has 0 aliphatic carbocycles. The van der Waals surface area contributed by atoms with E-state index >= 15 is 0 Å². The van der Waals surface area contributed by atoms with Crippen LogP contribution in [0.3, 0.4) is 0 Å². The van der Waals surface area contributed by atoms with E-state index in [1.807, 2.05) is 32.9 Å². The van der Waals surface area contributed by atoms with Gasteiger partial charge in [-0.2, -0.15) is 0 Å². The van der Waals surface area contributed by atoms with Gasteiger partial charge >= 0.3 is 0 Å². The quantitative estimate of drug-likeness (QED) is 0.883. The van der Waals surface area contributed by atoms with Gasteiger partial charge in [0.25, 0.3) is 0 Å². The van der Waals surface area contributed by atoms with Crippen LogP contribution in [0.2, 0.25) is 0 Å². The second-order valence-corrected chi connectivity index (χ2v) is 6.43. The van der Waals surface area contributed by atoms with Crippen molar-refractivity contribution in [1.82, 2.24) is 15.2 Å². The number of oxazole rings is 1. The van der Waals surface area contributed by atoms with Gasteiger partial charge in [0.15, 0.2) is 0 Å². The van der Waals surface area contributed by atoms with Crippen molar-refractivity contribution in [1.29, 1.82) is 0 Å². The topological polar surface area (TPSA) is 76.8 Å². The van der Waals surface area contributed by atoms with Gasteiger partial charge in [0, 0.05) is 25.2 Å². The number of hydrogen-bond acceptors (Lipinski definition) is 6. The largest absolute Gasteiger partial charge is 0.496 e. The predicted octanol–water partition coefficient (Wildman–Crippen LogP) is 2.30. The van der Waals surface area contributed by atoms with Gasteiger partial charge in [-0.1, -0.05) is 0 Å². The third-order valence-electron chi connectivity index (χ3n) is 4.88. The van der Waals surface area contributed by atoms with Gasteiger partial charge in [-0.05, 0) is 32.9 Å². The van der Waals surface area contributed by atoms with Crippen molar-refractivity contribution in [2.24, 2.45) is 0 Å². The Bertz CT molecular complexity index is 815. The lowest BCUT2D eigenvalue weighted by atomic mass is 10.1. The first-order valence-electron chi connectivity index (χ1n) is 8.66. The number of amides is 1. The van der Waals surface area contributed by atoms with Crippen LogP contribution in [-0.2, 0) is 11.3 Å². The molecule has 0 radical (unpaired) electrons. The highest BCUT2D eigenvalue weighted by Crippen LogP contribution is 2.38. The highest BCUT2D eigenvalue weighted by atomic mass is 16.5. The number of hydrogen-bond donors (Lipinski definition) is 1. The summed E-state index contributed by atoms with van der Waals surface area (Å²) in [6.45, 7) is 7.75. The molecule has 0 unspecified atom stereocenters. The van der Waals surface area contributed by atoms with Crippen LogP contribution in [0.15, 0.2) is 16.5 Å². The van der Waals surface area contributed by atoms with Crippen LogP contribution in [0.5, 0.6) is 11.5 Å². The molecule has 1 aliphatic heterocycles.